The Morgan fingerprint density at radius 1 is 0.625 bits per heavy atom. The van der Waals surface area contributed by atoms with Crippen molar-refractivity contribution in [1.29, 1.82) is 0 Å². The lowest BCUT2D eigenvalue weighted by Gasteiger charge is -2.38. The number of hydrogen-bond acceptors (Lipinski definition) is 15. The number of esters is 2. The lowest BCUT2D eigenvalue weighted by Crippen LogP contribution is -2.42. The summed E-state index contributed by atoms with van der Waals surface area (Å²) in [6.07, 6.45) is 4.09. The number of carbonyl (C=O) groups is 2. The first-order chi connectivity index (χ1) is 40.3. The molecule has 0 radical (unpaired) electrons. The van der Waals surface area contributed by atoms with Crippen molar-refractivity contribution in [2.24, 2.45) is 52.3 Å². The number of benzene rings is 2. The van der Waals surface area contributed by atoms with E-state index in [1.165, 1.54) is 0 Å². The van der Waals surface area contributed by atoms with Crippen molar-refractivity contribution in [1.82, 2.24) is 0 Å². The molecule has 0 spiro atoms. The van der Waals surface area contributed by atoms with Crippen LogP contribution >= 0.6 is 0 Å². The van der Waals surface area contributed by atoms with Gasteiger partial charge >= 0.3 is 11.9 Å². The van der Waals surface area contributed by atoms with Gasteiger partial charge in [0.2, 0.25) is 0 Å². The summed E-state index contributed by atoms with van der Waals surface area (Å²) in [5, 5.41) is 19.7. The number of hydrogen-bond donors (Lipinski definition) is 2. The smallest absolute Gasteiger partial charge is 0.311 e. The van der Waals surface area contributed by atoms with Gasteiger partial charge in [-0.2, -0.15) is 0 Å². The maximum Gasteiger partial charge on any atom is 0.311 e. The number of aliphatic hydroxyl groups excluding tert-OH is 2. The zero-order valence-electron chi connectivity index (χ0n) is 55.8. The van der Waals surface area contributed by atoms with Crippen LogP contribution in [0.15, 0.2) is 94.8 Å². The van der Waals surface area contributed by atoms with Gasteiger partial charge in [-0.1, -0.05) is 112 Å². The summed E-state index contributed by atoms with van der Waals surface area (Å²) in [4.78, 5) is 24.9. The van der Waals surface area contributed by atoms with E-state index in [2.05, 4.69) is 74.7 Å². The van der Waals surface area contributed by atoms with Crippen LogP contribution in [0.25, 0.3) is 0 Å². The van der Waals surface area contributed by atoms with E-state index >= 15 is 0 Å². The van der Waals surface area contributed by atoms with Crippen LogP contribution in [0.2, 0.25) is 18.1 Å². The van der Waals surface area contributed by atoms with Crippen LogP contribution in [0.4, 0.5) is 0 Å². The average molecular weight is 1290 g/mol. The molecule has 0 saturated carbocycles. The van der Waals surface area contributed by atoms with Crippen LogP contribution < -0.4 is 0 Å². The summed E-state index contributed by atoms with van der Waals surface area (Å²) in [7, 11) is -8.98. The van der Waals surface area contributed by atoms with Crippen molar-refractivity contribution < 1.29 is 69.5 Å². The third-order valence-electron chi connectivity index (χ3n) is 19.1. The van der Waals surface area contributed by atoms with Gasteiger partial charge in [-0.25, -0.2) is 16.8 Å². The lowest BCUT2D eigenvalue weighted by atomic mass is 9.82. The van der Waals surface area contributed by atoms with E-state index in [1.807, 2.05) is 54.5 Å². The Kier molecular flexibility index (Phi) is 28.9. The van der Waals surface area contributed by atoms with Gasteiger partial charge in [0.25, 0.3) is 0 Å². The van der Waals surface area contributed by atoms with Crippen LogP contribution in [-0.4, -0.2) is 140 Å². The lowest BCUT2D eigenvalue weighted by molar-refractivity contribution is -0.154. The summed E-state index contributed by atoms with van der Waals surface area (Å²) >= 11 is 0. The minimum Gasteiger partial charge on any atom is -0.465 e. The molecule has 0 aromatic heterocycles. The highest BCUT2D eigenvalue weighted by Gasteiger charge is 2.49. The molecule has 15 nitrogen and oxygen atoms in total. The van der Waals surface area contributed by atoms with E-state index in [0.29, 0.717) is 44.0 Å². The fourth-order valence-corrected chi connectivity index (χ4v) is 16.8. The Bertz CT molecular complexity index is 2730. The molecule has 4 heterocycles. The number of ether oxygens (including phenoxy) is 6. The average Bonchev–Trinajstić information content (AvgIpc) is 1.69. The van der Waals surface area contributed by atoms with Gasteiger partial charge < -0.3 is 43.1 Å². The van der Waals surface area contributed by atoms with Gasteiger partial charge in [0, 0.05) is 37.7 Å². The largest absolute Gasteiger partial charge is 0.465 e. The summed E-state index contributed by atoms with van der Waals surface area (Å²) in [5.74, 6) is -0.279. The first-order valence-corrected chi connectivity index (χ1v) is 38.4. The standard InChI is InChI=1S/C38H64O7SSi.C31H48O8S.CH4/c1-26(24-43-47(11,12)38(8,9)10)21-33-29(4)32(25-46(40,41)31-18-14-13-15-19-31)35(45-33)23-34-28(3)27(2)22-30(44-34)17-16-20-42-36(39)37(5,6)7;1-20-15-24(11-10-14-37-30(34)31(4,5)6)38-28(21(20)2)17-29-26(22(3)27(39-29)16-23(33)18-32)19-40(35,36)25-12-8-7-9-13-25;/h13-15,18-19,26-27,29-30,32-35H,3,16-17,20-25H2,1-2,4-12H3;7-9,12-13,20,22-24,26-29,32-33H,2,10-11,14-19H2,1,3-6H3;1H4/t26-,27+,29+,30-,32+,33+,34+,35?;20-,22-,23+,24+,26-,27-,28-,29?;/m01./s1. The van der Waals surface area contributed by atoms with E-state index in [1.54, 1.807) is 54.6 Å². The molecular formula is C70H116O15S2Si. The number of sulfone groups is 2. The number of carbonyl (C=O) groups excluding carboxylic acids is 2. The molecule has 0 bridgehead atoms. The molecule has 6 rings (SSSR count). The predicted molar refractivity (Wildman–Crippen MR) is 353 cm³/mol. The van der Waals surface area contributed by atoms with Crippen molar-refractivity contribution in [3.8, 4) is 0 Å². The number of rotatable bonds is 26. The minimum atomic E-state index is -3.57. The monoisotopic (exact) mass is 1290 g/mol. The van der Waals surface area contributed by atoms with Gasteiger partial charge in [0.1, 0.15) is 0 Å². The van der Waals surface area contributed by atoms with E-state index < -0.39 is 51.0 Å². The summed E-state index contributed by atoms with van der Waals surface area (Å²) in [6.45, 7) is 42.7. The predicted octanol–water partition coefficient (Wildman–Crippen LogP) is 13.6. The molecule has 502 valence electrons. The molecule has 4 aliphatic rings. The molecule has 4 aliphatic heterocycles. The third kappa shape index (κ3) is 22.2. The zero-order valence-corrected chi connectivity index (χ0v) is 58.4. The van der Waals surface area contributed by atoms with Crippen molar-refractivity contribution in [3.05, 3.63) is 85.0 Å². The van der Waals surface area contributed by atoms with Crippen LogP contribution in [-0.2, 0) is 62.1 Å². The van der Waals surface area contributed by atoms with E-state index in [4.69, 9.17) is 32.8 Å². The highest BCUT2D eigenvalue weighted by molar-refractivity contribution is 7.91. The molecule has 88 heavy (non-hydrogen) atoms. The Hall–Kier alpha value is -3.30. The van der Waals surface area contributed by atoms with Gasteiger partial charge in [-0.05, 0) is 170 Å². The normalized spacial score (nSPS) is 28.9. The van der Waals surface area contributed by atoms with Gasteiger partial charge in [0.05, 0.1) is 107 Å². The van der Waals surface area contributed by atoms with Crippen molar-refractivity contribution >= 4 is 39.9 Å². The van der Waals surface area contributed by atoms with E-state index in [0.717, 1.165) is 49.7 Å². The second kappa shape index (κ2) is 33.0. The molecule has 4 saturated heterocycles. The van der Waals surface area contributed by atoms with Crippen molar-refractivity contribution in [2.75, 3.05) is 37.9 Å². The molecule has 2 aromatic rings. The van der Waals surface area contributed by atoms with Crippen molar-refractivity contribution in [2.45, 2.75) is 251 Å². The SMILES string of the molecule is C.C=C1[C@H](C)C[C@H](CCCOC(=O)C(C)(C)C)O[C@@H]1CC1O[C@H](C[C@H](C)CO[Si](C)(C)C(C)(C)C)[C@H](C)[C@H]1CS(=O)(=O)c1ccccc1.C=C1[C@H](C)C[C@H](CCCOC(=O)C(C)(C)C)O[C@@H]1CC1O[C@H](C[C@H](O)CO)[C@H](C)[C@H]1CS(=O)(=O)c1ccccc1. The Morgan fingerprint density at radius 3 is 1.35 bits per heavy atom. The highest BCUT2D eigenvalue weighted by Crippen LogP contribution is 2.45. The molecule has 4 fully saturated rings. The zero-order chi connectivity index (χ0) is 65.0. The minimum absolute atomic E-state index is 0. The summed E-state index contributed by atoms with van der Waals surface area (Å²) < 4.78 is 97.9. The molecule has 2 N–H and O–H groups in total. The third-order valence-corrected chi connectivity index (χ3v) is 27.2. The summed E-state index contributed by atoms with van der Waals surface area (Å²) in [5.41, 5.74) is 0.956. The van der Waals surface area contributed by atoms with Gasteiger partial charge in [-0.3, -0.25) is 9.59 Å². The topological polar surface area (TPSA) is 207 Å². The Morgan fingerprint density at radius 2 is 1.00 bits per heavy atom. The van der Waals surface area contributed by atoms with Gasteiger partial charge in [-0.15, -0.1) is 0 Å². The maximum atomic E-state index is 13.7. The second-order valence-corrected chi connectivity index (χ2v) is 38.5. The first-order valence-electron chi connectivity index (χ1n) is 32.2. The van der Waals surface area contributed by atoms with E-state index in [9.17, 15) is 36.6 Å². The molecule has 0 amide bonds. The quantitative estimate of drug-likeness (QED) is 0.0389. The van der Waals surface area contributed by atoms with Gasteiger partial charge in [0.15, 0.2) is 28.0 Å². The van der Waals surface area contributed by atoms with Crippen LogP contribution in [0, 0.1) is 52.3 Å². The molecule has 0 aliphatic carbocycles. The summed E-state index contributed by atoms with van der Waals surface area (Å²) in [6, 6.07) is 17.2. The van der Waals surface area contributed by atoms with Crippen LogP contribution in [0.3, 0.4) is 0 Å². The fourth-order valence-electron chi connectivity index (χ4n) is 12.0. The molecular weight excluding hydrogens is 1170 g/mol. The van der Waals surface area contributed by atoms with Crippen LogP contribution in [0.5, 0.6) is 0 Å². The Balaban J connectivity index is 0.000000377. The molecule has 16 atom stereocenters. The number of aliphatic hydroxyl groups is 2. The molecule has 18 heteroatoms. The second-order valence-electron chi connectivity index (χ2n) is 29.6. The first kappa shape index (κ1) is 77.1. The Labute approximate surface area is 533 Å². The van der Waals surface area contributed by atoms with Crippen molar-refractivity contribution in [3.63, 3.8) is 0 Å². The maximum absolute atomic E-state index is 13.7. The van der Waals surface area contributed by atoms with E-state index in [-0.39, 0.29) is 138 Å². The molecule has 2 aromatic carbocycles. The fraction of sp³-hybridized carbons (Fsp3) is 0.743. The highest BCUT2D eigenvalue weighted by atomic mass is 32.2. The molecule has 2 unspecified atom stereocenters. The van der Waals surface area contributed by atoms with Crippen LogP contribution in [0.1, 0.15) is 169 Å².